The van der Waals surface area contributed by atoms with Gasteiger partial charge in [-0.3, -0.25) is 32.5 Å². The van der Waals surface area contributed by atoms with Gasteiger partial charge in [-0.05, 0) is 148 Å². The molecule has 95 heavy (non-hydrogen) atoms. The highest BCUT2D eigenvalue weighted by Gasteiger charge is 2.29. The summed E-state index contributed by atoms with van der Waals surface area (Å²) in [4.78, 5) is 58.4. The maximum Gasteiger partial charge on any atom is 0.472 e. The fraction of sp³-hybridized carbons (Fsp3) is 0.623. The largest absolute Gasteiger partial charge is 0.472 e. The summed E-state index contributed by atoms with van der Waals surface area (Å²) in [5.74, 6) is -1.66. The van der Waals surface area contributed by atoms with Gasteiger partial charge in [0.05, 0.1) is 26.4 Å². The third-order valence-electron chi connectivity index (χ3n) is 14.2. The summed E-state index contributed by atoms with van der Waals surface area (Å²) in [6.07, 6.45) is 84.4. The van der Waals surface area contributed by atoms with Crippen LogP contribution in [0.25, 0.3) is 0 Å². The molecule has 0 aliphatic rings. The lowest BCUT2D eigenvalue weighted by Crippen LogP contribution is -2.30. The highest BCUT2D eigenvalue weighted by Crippen LogP contribution is 2.45. The average Bonchev–Trinajstić information content (AvgIpc) is 1.81. The maximum absolute atomic E-state index is 12.9. The van der Waals surface area contributed by atoms with Crippen molar-refractivity contribution < 1.29 is 75.8 Å². The number of rotatable bonds is 66. The van der Waals surface area contributed by atoms with Crippen LogP contribution in [0.3, 0.4) is 0 Å². The van der Waals surface area contributed by atoms with Crippen molar-refractivity contribution >= 4 is 33.6 Å². The van der Waals surface area contributed by atoms with Gasteiger partial charge in [0.1, 0.15) is 25.4 Å². The number of esters is 3. The van der Waals surface area contributed by atoms with Gasteiger partial charge < -0.3 is 34.2 Å². The first kappa shape index (κ1) is 90.2. The highest BCUT2D eigenvalue weighted by molar-refractivity contribution is 7.47. The number of aliphatic hydroxyl groups is 2. The molecule has 0 rings (SSSR count). The Morgan fingerprint density at radius 1 is 0.305 bits per heavy atom. The molecule has 0 saturated heterocycles. The predicted octanol–water partition coefficient (Wildman–Crippen LogP) is 20.3. The number of aliphatic hydroxyl groups excluding tert-OH is 2. The molecule has 0 fully saturated rings. The lowest BCUT2D eigenvalue weighted by molar-refractivity contribution is -0.161. The van der Waals surface area contributed by atoms with Crippen molar-refractivity contribution in [1.29, 1.82) is 0 Å². The van der Waals surface area contributed by atoms with Crippen LogP contribution < -0.4 is 0 Å². The molecule has 4 N–H and O–H groups in total. The standard InChI is InChI=1S/C77H126O16P2/c1-4-7-10-13-16-19-22-25-27-29-31-33-34-35-36-38-40-41-43-46-48-51-54-57-60-63-75(80)87-66-72(78)67-89-94(83,84)90-68-73(79)69-91-95(85,86)92-71-74(93-77(82)65-62-59-56-53-50-45-24-21-18-15-12-9-6-3)70-88-76(81)64-61-58-55-52-49-47-44-42-39-37-32-30-28-26-23-20-17-14-11-8-5-2/h7-8,10-11,16-17,19-21,24-28,31-33,35-37,40-42,44,49,52,72-74,78-79H,4-6,9,12-15,18,22-23,29-30,34,38-39,43,45-48,50-51,53-71H2,1-3H3,(H,83,84)(H,85,86)/b10-7-,11-8-,19-16-,20-17-,24-21-,27-25-,28-26-,33-31-,36-35-,37-32-,41-40-,44-42-,52-49-. The molecule has 18 heteroatoms. The molecule has 0 aromatic rings. The second-order valence-corrected chi connectivity index (χ2v) is 26.2. The zero-order chi connectivity index (χ0) is 69.5. The van der Waals surface area contributed by atoms with Gasteiger partial charge >= 0.3 is 33.6 Å². The number of carbonyl (C=O) groups is 3. The minimum Gasteiger partial charge on any atom is -0.463 e. The third-order valence-corrected chi connectivity index (χ3v) is 16.1. The van der Waals surface area contributed by atoms with E-state index >= 15 is 0 Å². The summed E-state index contributed by atoms with van der Waals surface area (Å²) in [5, 5.41) is 20.6. The van der Waals surface area contributed by atoms with E-state index in [0.717, 1.165) is 167 Å². The molecule has 0 aliphatic heterocycles. The number of phosphoric acid groups is 2. The van der Waals surface area contributed by atoms with Crippen LogP contribution in [0.1, 0.15) is 252 Å². The number of carbonyl (C=O) groups excluding carboxylic acids is 3. The number of allylic oxidation sites excluding steroid dienone is 26. The smallest absolute Gasteiger partial charge is 0.463 e. The van der Waals surface area contributed by atoms with E-state index in [9.17, 15) is 43.5 Å². The Morgan fingerprint density at radius 3 is 0.916 bits per heavy atom. The molecule has 0 aromatic carbocycles. The zero-order valence-corrected chi connectivity index (χ0v) is 60.3. The minimum atomic E-state index is -4.94. The van der Waals surface area contributed by atoms with E-state index in [2.05, 4.69) is 179 Å². The number of unbranched alkanes of at least 4 members (excludes halogenated alkanes) is 17. The summed E-state index contributed by atoms with van der Waals surface area (Å²) in [6, 6.07) is 0. The molecule has 5 unspecified atom stereocenters. The summed E-state index contributed by atoms with van der Waals surface area (Å²) in [6.45, 7) is 2.32. The summed E-state index contributed by atoms with van der Waals surface area (Å²) >= 11 is 0. The number of ether oxygens (including phenoxy) is 3. The molecule has 0 amide bonds. The normalized spacial score (nSPS) is 15.1. The molecule has 0 aliphatic carbocycles. The van der Waals surface area contributed by atoms with E-state index in [0.29, 0.717) is 19.3 Å². The Bertz CT molecular complexity index is 2360. The highest BCUT2D eigenvalue weighted by atomic mass is 31.2. The Balaban J connectivity index is 4.66. The van der Waals surface area contributed by atoms with Gasteiger partial charge in [-0.15, -0.1) is 0 Å². The summed E-state index contributed by atoms with van der Waals surface area (Å²) < 4.78 is 60.9. The van der Waals surface area contributed by atoms with Gasteiger partial charge in [-0.1, -0.05) is 243 Å². The Morgan fingerprint density at radius 2 is 0.558 bits per heavy atom. The third kappa shape index (κ3) is 70.3. The van der Waals surface area contributed by atoms with Gasteiger partial charge in [-0.2, -0.15) is 0 Å². The van der Waals surface area contributed by atoms with Crippen LogP contribution in [-0.2, 0) is 55.8 Å². The second kappa shape index (κ2) is 69.1. The van der Waals surface area contributed by atoms with Crippen LogP contribution in [0, 0.1) is 0 Å². The van der Waals surface area contributed by atoms with Crippen molar-refractivity contribution in [2.75, 3.05) is 39.6 Å². The van der Waals surface area contributed by atoms with Crippen molar-refractivity contribution in [3.63, 3.8) is 0 Å². The molecule has 0 aromatic heterocycles. The molecule has 0 spiro atoms. The topological polar surface area (TPSA) is 231 Å². The Hall–Kier alpha value is -4.83. The molecule has 0 heterocycles. The molecule has 16 nitrogen and oxygen atoms in total. The average molecular weight is 1370 g/mol. The van der Waals surface area contributed by atoms with Crippen LogP contribution in [0.5, 0.6) is 0 Å². The van der Waals surface area contributed by atoms with Crippen molar-refractivity contribution in [3.05, 3.63) is 158 Å². The van der Waals surface area contributed by atoms with E-state index in [1.165, 1.54) is 25.7 Å². The number of phosphoric ester groups is 2. The molecule has 540 valence electrons. The van der Waals surface area contributed by atoms with Gasteiger partial charge in [0.15, 0.2) is 6.10 Å². The number of hydrogen-bond donors (Lipinski definition) is 4. The van der Waals surface area contributed by atoms with E-state index < -0.39 is 91.5 Å². The second-order valence-electron chi connectivity index (χ2n) is 23.3. The van der Waals surface area contributed by atoms with Gasteiger partial charge in [0.2, 0.25) is 0 Å². The van der Waals surface area contributed by atoms with Gasteiger partial charge in [0, 0.05) is 19.3 Å². The lowest BCUT2D eigenvalue weighted by atomic mass is 10.1. The molecular weight excluding hydrogens is 1240 g/mol. The minimum absolute atomic E-state index is 0.0792. The maximum atomic E-state index is 12.9. The first-order valence-electron chi connectivity index (χ1n) is 35.8. The van der Waals surface area contributed by atoms with Crippen LogP contribution >= 0.6 is 15.6 Å². The van der Waals surface area contributed by atoms with Crippen molar-refractivity contribution in [3.8, 4) is 0 Å². The lowest BCUT2D eigenvalue weighted by Gasteiger charge is -2.21. The van der Waals surface area contributed by atoms with E-state index in [1.807, 2.05) is 0 Å². The van der Waals surface area contributed by atoms with Crippen LogP contribution in [0.4, 0.5) is 0 Å². The van der Waals surface area contributed by atoms with Crippen molar-refractivity contribution in [1.82, 2.24) is 0 Å². The summed E-state index contributed by atoms with van der Waals surface area (Å²) in [5.41, 5.74) is 0. The fourth-order valence-electron chi connectivity index (χ4n) is 8.81. The summed E-state index contributed by atoms with van der Waals surface area (Å²) in [7, 11) is -9.81. The Labute approximate surface area is 574 Å². The first-order chi connectivity index (χ1) is 46.2. The fourth-order valence-corrected chi connectivity index (χ4v) is 10.4. The molecule has 0 bridgehead atoms. The van der Waals surface area contributed by atoms with E-state index in [-0.39, 0.29) is 19.3 Å². The van der Waals surface area contributed by atoms with Gasteiger partial charge in [0.25, 0.3) is 0 Å². The van der Waals surface area contributed by atoms with E-state index in [1.54, 1.807) is 0 Å². The predicted molar refractivity (Wildman–Crippen MR) is 389 cm³/mol. The van der Waals surface area contributed by atoms with E-state index in [4.69, 9.17) is 32.3 Å². The quantitative estimate of drug-likeness (QED) is 0.0146. The van der Waals surface area contributed by atoms with Crippen LogP contribution in [0.2, 0.25) is 0 Å². The SMILES string of the molecule is CC/C=C\C/C=C\C/C=C\C/C=C\C/C=C\C/C=C\CCCCCCCCC(=O)OCC(O)COP(=O)(O)OCC(O)COP(=O)(O)OCC(COC(=O)CCCC/C=C\C/C=C\C/C=C\C/C=C\C/C=C\C/C=C\CC)OC(=O)CCCCCCC/C=C\CCCCCC. The molecular formula is C77H126O16P2. The van der Waals surface area contributed by atoms with Crippen LogP contribution in [-0.4, -0.2) is 95.9 Å². The monoisotopic (exact) mass is 1370 g/mol. The molecule has 0 radical (unpaired) electrons. The zero-order valence-electron chi connectivity index (χ0n) is 58.5. The van der Waals surface area contributed by atoms with Gasteiger partial charge in [-0.25, -0.2) is 9.13 Å². The van der Waals surface area contributed by atoms with Crippen molar-refractivity contribution in [2.24, 2.45) is 0 Å². The van der Waals surface area contributed by atoms with Crippen LogP contribution in [0.15, 0.2) is 158 Å². The Kier molecular flexibility index (Phi) is 65.6. The molecule has 0 saturated carbocycles. The number of hydrogen-bond acceptors (Lipinski definition) is 14. The first-order valence-corrected chi connectivity index (χ1v) is 38.8. The van der Waals surface area contributed by atoms with Crippen molar-refractivity contribution in [2.45, 2.75) is 270 Å². The molecule has 5 atom stereocenters.